The molecule has 0 aliphatic rings. The predicted octanol–water partition coefficient (Wildman–Crippen LogP) is 2.81. The summed E-state index contributed by atoms with van der Waals surface area (Å²) in [5.41, 5.74) is 4.28. The van der Waals surface area contributed by atoms with Crippen LogP contribution in [0.5, 0.6) is 0 Å². The Kier molecular flexibility index (Phi) is 6.81. The molecule has 11 nitrogen and oxygen atoms in total. The minimum atomic E-state index is -0.632. The zero-order valence-electron chi connectivity index (χ0n) is 20.7. The molecule has 0 aliphatic heterocycles. The number of tetrazole rings is 1. The first-order valence-electron chi connectivity index (χ1n) is 11.7. The number of hydrogen-bond donors (Lipinski definition) is 1. The third-order valence-corrected chi connectivity index (χ3v) is 6.30. The molecule has 2 heterocycles. The van der Waals surface area contributed by atoms with E-state index in [-0.39, 0.29) is 13.1 Å². The van der Waals surface area contributed by atoms with Gasteiger partial charge in [-0.1, -0.05) is 30.3 Å². The van der Waals surface area contributed by atoms with Crippen molar-refractivity contribution in [3.05, 3.63) is 77.9 Å². The number of nitrogens with zero attached hydrogens (tertiary/aromatic N) is 5. The van der Waals surface area contributed by atoms with E-state index in [1.54, 1.807) is 12.1 Å². The van der Waals surface area contributed by atoms with E-state index in [4.69, 9.17) is 0 Å². The lowest BCUT2D eigenvalue weighted by Gasteiger charge is -2.20. The van der Waals surface area contributed by atoms with Gasteiger partial charge in [0.15, 0.2) is 0 Å². The van der Waals surface area contributed by atoms with E-state index in [0.29, 0.717) is 17.9 Å². The van der Waals surface area contributed by atoms with E-state index < -0.39 is 17.8 Å². The Morgan fingerprint density at radius 1 is 0.868 bits per heavy atom. The number of benzene rings is 3. The fourth-order valence-corrected chi connectivity index (χ4v) is 4.41. The van der Waals surface area contributed by atoms with Gasteiger partial charge in [-0.25, -0.2) is 0 Å². The molecule has 0 saturated carbocycles. The number of ether oxygens (including phenoxy) is 2. The third-order valence-electron chi connectivity index (χ3n) is 6.30. The predicted molar refractivity (Wildman–Crippen MR) is 138 cm³/mol. The molecule has 0 saturated heterocycles. The van der Waals surface area contributed by atoms with Crippen LogP contribution in [0.1, 0.15) is 15.9 Å². The summed E-state index contributed by atoms with van der Waals surface area (Å²) in [5.74, 6) is -1.21. The zero-order chi connectivity index (χ0) is 26.6. The summed E-state index contributed by atoms with van der Waals surface area (Å²) in [5, 5.41) is 16.5. The zero-order valence-corrected chi connectivity index (χ0v) is 20.7. The largest absolute Gasteiger partial charge is 0.468 e. The number of carbonyl (C=O) groups excluding carboxylic acids is 3. The molecule has 1 amide bonds. The van der Waals surface area contributed by atoms with E-state index in [0.717, 1.165) is 37.8 Å². The Morgan fingerprint density at radius 3 is 2.21 bits per heavy atom. The number of methoxy groups -OCH3 is 2. The van der Waals surface area contributed by atoms with Crippen LogP contribution in [0.2, 0.25) is 0 Å². The molecule has 5 aromatic rings. The van der Waals surface area contributed by atoms with Crippen molar-refractivity contribution < 1.29 is 23.9 Å². The van der Waals surface area contributed by atoms with Gasteiger partial charge in [0.1, 0.15) is 13.1 Å². The highest BCUT2D eigenvalue weighted by Gasteiger charge is 2.22. The molecule has 0 bridgehead atoms. The van der Waals surface area contributed by atoms with Gasteiger partial charge in [0.05, 0.1) is 14.2 Å². The number of amides is 1. The number of rotatable bonds is 8. The van der Waals surface area contributed by atoms with E-state index in [1.165, 1.54) is 14.2 Å². The van der Waals surface area contributed by atoms with Gasteiger partial charge in [-0.3, -0.25) is 14.4 Å². The van der Waals surface area contributed by atoms with Gasteiger partial charge in [0, 0.05) is 39.5 Å². The minimum absolute atomic E-state index is 0.341. The van der Waals surface area contributed by atoms with Gasteiger partial charge in [-0.2, -0.15) is 5.21 Å². The summed E-state index contributed by atoms with van der Waals surface area (Å²) in [6, 6.07) is 21.3. The van der Waals surface area contributed by atoms with Crippen molar-refractivity contribution in [2.45, 2.75) is 6.54 Å². The molecule has 0 radical (unpaired) electrons. The molecule has 0 fully saturated rings. The molecule has 11 heteroatoms. The maximum absolute atomic E-state index is 13.0. The molecule has 0 aliphatic carbocycles. The van der Waals surface area contributed by atoms with Crippen molar-refractivity contribution >= 4 is 39.7 Å². The SMILES string of the molecule is COC(=O)CN(CC(=O)OC)C(=O)c1ccc(Cn2c3ccccc3c3cc(-c4nn[nH]n4)ccc32)cc1. The van der Waals surface area contributed by atoms with Crippen molar-refractivity contribution in [2.75, 3.05) is 27.3 Å². The summed E-state index contributed by atoms with van der Waals surface area (Å²) in [6.07, 6.45) is 0. The molecule has 192 valence electrons. The van der Waals surface area contributed by atoms with Crippen LogP contribution in [0.25, 0.3) is 33.2 Å². The number of fused-ring (bicyclic) bond motifs is 3. The van der Waals surface area contributed by atoms with Gasteiger partial charge in [0.2, 0.25) is 5.82 Å². The number of esters is 2. The maximum atomic E-state index is 13.0. The summed E-state index contributed by atoms with van der Waals surface area (Å²) in [4.78, 5) is 37.7. The second-order valence-corrected chi connectivity index (χ2v) is 8.58. The van der Waals surface area contributed by atoms with Crippen LogP contribution in [0.15, 0.2) is 66.7 Å². The lowest BCUT2D eigenvalue weighted by Crippen LogP contribution is -2.40. The van der Waals surface area contributed by atoms with Gasteiger partial charge < -0.3 is 18.9 Å². The summed E-state index contributed by atoms with van der Waals surface area (Å²) >= 11 is 0. The summed E-state index contributed by atoms with van der Waals surface area (Å²) < 4.78 is 11.5. The number of aromatic nitrogens is 5. The highest BCUT2D eigenvalue weighted by molar-refractivity contribution is 6.09. The van der Waals surface area contributed by atoms with Crippen molar-refractivity contribution in [3.63, 3.8) is 0 Å². The Bertz CT molecular complexity index is 1610. The van der Waals surface area contributed by atoms with Crippen LogP contribution in [-0.4, -0.2) is 75.2 Å². The van der Waals surface area contributed by atoms with Crippen molar-refractivity contribution in [1.29, 1.82) is 0 Å². The highest BCUT2D eigenvalue weighted by atomic mass is 16.5. The van der Waals surface area contributed by atoms with Crippen LogP contribution in [-0.2, 0) is 25.6 Å². The van der Waals surface area contributed by atoms with Crippen molar-refractivity contribution in [1.82, 2.24) is 30.1 Å². The van der Waals surface area contributed by atoms with Crippen LogP contribution >= 0.6 is 0 Å². The van der Waals surface area contributed by atoms with E-state index in [9.17, 15) is 14.4 Å². The van der Waals surface area contributed by atoms with Crippen LogP contribution in [0, 0.1) is 0 Å². The van der Waals surface area contributed by atoms with Gasteiger partial charge in [-0.05, 0) is 47.2 Å². The molecule has 2 aromatic heterocycles. The van der Waals surface area contributed by atoms with Crippen LogP contribution in [0.3, 0.4) is 0 Å². The Hall–Kier alpha value is -5.06. The Labute approximate surface area is 216 Å². The number of para-hydroxylation sites is 1. The van der Waals surface area contributed by atoms with Crippen molar-refractivity contribution in [3.8, 4) is 11.4 Å². The molecule has 0 atom stereocenters. The van der Waals surface area contributed by atoms with Gasteiger partial charge in [-0.15, -0.1) is 10.2 Å². The fourth-order valence-electron chi connectivity index (χ4n) is 4.41. The van der Waals surface area contributed by atoms with Crippen LogP contribution in [0.4, 0.5) is 0 Å². The Morgan fingerprint density at radius 2 is 1.55 bits per heavy atom. The Balaban J connectivity index is 1.44. The topological polar surface area (TPSA) is 132 Å². The summed E-state index contributed by atoms with van der Waals surface area (Å²) in [7, 11) is 2.44. The van der Waals surface area contributed by atoms with Crippen LogP contribution < -0.4 is 0 Å². The van der Waals surface area contributed by atoms with Gasteiger partial charge in [0.25, 0.3) is 5.91 Å². The molecule has 3 aromatic carbocycles. The number of hydrogen-bond acceptors (Lipinski definition) is 8. The monoisotopic (exact) mass is 512 g/mol. The average molecular weight is 513 g/mol. The lowest BCUT2D eigenvalue weighted by molar-refractivity contribution is -0.144. The standard InChI is InChI=1S/C27H24N6O5/c1-37-24(34)15-32(16-25(35)38-2)27(36)18-9-7-17(8-10-18)14-33-22-6-4-3-5-20(22)21-13-19(11-12-23(21)33)26-28-30-31-29-26/h3-13H,14-16H2,1-2H3,(H,28,29,30,31). The molecule has 0 spiro atoms. The molecule has 1 N–H and O–H groups in total. The number of nitrogens with one attached hydrogen (secondary N) is 1. The molecule has 0 unspecified atom stereocenters. The van der Waals surface area contributed by atoms with E-state index in [2.05, 4.69) is 52.9 Å². The van der Waals surface area contributed by atoms with Gasteiger partial charge >= 0.3 is 11.9 Å². The maximum Gasteiger partial charge on any atom is 0.325 e. The molecular formula is C27H24N6O5. The fraction of sp³-hybridized carbons (Fsp3) is 0.185. The number of carbonyl (C=O) groups is 3. The number of aromatic amines is 1. The van der Waals surface area contributed by atoms with E-state index in [1.807, 2.05) is 36.4 Å². The average Bonchev–Trinajstić information content (AvgIpc) is 3.60. The first-order valence-corrected chi connectivity index (χ1v) is 11.7. The number of H-pyrrole nitrogens is 1. The molecule has 5 rings (SSSR count). The normalized spacial score (nSPS) is 11.0. The lowest BCUT2D eigenvalue weighted by atomic mass is 10.1. The van der Waals surface area contributed by atoms with E-state index >= 15 is 0 Å². The third kappa shape index (κ3) is 4.81. The first kappa shape index (κ1) is 24.6. The smallest absolute Gasteiger partial charge is 0.325 e. The quantitative estimate of drug-likeness (QED) is 0.314. The second-order valence-electron chi connectivity index (χ2n) is 8.58. The second kappa shape index (κ2) is 10.5. The molecular weight excluding hydrogens is 488 g/mol. The molecule has 38 heavy (non-hydrogen) atoms. The first-order chi connectivity index (χ1) is 18.5. The van der Waals surface area contributed by atoms with Crippen molar-refractivity contribution in [2.24, 2.45) is 0 Å². The minimum Gasteiger partial charge on any atom is -0.468 e. The summed E-state index contributed by atoms with van der Waals surface area (Å²) in [6.45, 7) is -0.160. The highest BCUT2D eigenvalue weighted by Crippen LogP contribution is 2.32.